The molecule has 252 valence electrons. The molecule has 1 aliphatic rings. The zero-order valence-corrected chi connectivity index (χ0v) is 27.8. The van der Waals surface area contributed by atoms with Gasteiger partial charge in [-0.2, -0.15) is 0 Å². The topological polar surface area (TPSA) is 180 Å². The van der Waals surface area contributed by atoms with E-state index >= 15 is 0 Å². The Hall–Kier alpha value is -4.56. The molecule has 0 saturated carbocycles. The van der Waals surface area contributed by atoms with Crippen molar-refractivity contribution in [1.29, 1.82) is 0 Å². The summed E-state index contributed by atoms with van der Waals surface area (Å²) >= 11 is 0. The number of carbonyl (C=O) groups excluding carboxylic acids is 4. The van der Waals surface area contributed by atoms with Gasteiger partial charge in [-0.25, -0.2) is 8.42 Å². The molecule has 0 aliphatic carbocycles. The number of rotatable bonds is 7. The van der Waals surface area contributed by atoms with Crippen LogP contribution in [0.2, 0.25) is 0 Å². The van der Waals surface area contributed by atoms with E-state index in [0.29, 0.717) is 25.3 Å². The van der Waals surface area contributed by atoms with Gasteiger partial charge in [-0.1, -0.05) is 61.5 Å². The van der Waals surface area contributed by atoms with Crippen LogP contribution in [0.5, 0.6) is 0 Å². The highest BCUT2D eigenvalue weighted by atomic mass is 32.2. The van der Waals surface area contributed by atoms with Crippen molar-refractivity contribution in [3.8, 4) is 0 Å². The van der Waals surface area contributed by atoms with E-state index in [9.17, 15) is 27.6 Å². The van der Waals surface area contributed by atoms with Crippen LogP contribution in [0, 0.1) is 5.92 Å². The van der Waals surface area contributed by atoms with Gasteiger partial charge in [0.2, 0.25) is 17.7 Å². The molecule has 0 unspecified atom stereocenters. The second kappa shape index (κ2) is 15.8. The van der Waals surface area contributed by atoms with Gasteiger partial charge >= 0.3 is 0 Å². The minimum absolute atomic E-state index is 0.0215. The Morgan fingerprint density at radius 3 is 2.23 bits per heavy atom. The summed E-state index contributed by atoms with van der Waals surface area (Å²) in [7, 11) is -3.36. The maximum atomic E-state index is 13.6. The van der Waals surface area contributed by atoms with Crippen LogP contribution in [0.15, 0.2) is 70.1 Å². The molecule has 1 aromatic heterocycles. The second-order valence-corrected chi connectivity index (χ2v) is 14.2. The lowest BCUT2D eigenvalue weighted by Crippen LogP contribution is -2.57. The largest absolute Gasteiger partial charge is 0.359 e. The normalized spacial score (nSPS) is 20.8. The monoisotopic (exact) mass is 666 g/mol. The van der Waals surface area contributed by atoms with Gasteiger partial charge in [0.15, 0.2) is 21.3 Å². The van der Waals surface area contributed by atoms with E-state index in [-0.39, 0.29) is 36.0 Å². The van der Waals surface area contributed by atoms with Crippen LogP contribution in [0.25, 0.3) is 0 Å². The van der Waals surface area contributed by atoms with Gasteiger partial charge in [-0.05, 0) is 42.5 Å². The number of sulfone groups is 1. The molecule has 2 bridgehead atoms. The third-order valence-electron chi connectivity index (χ3n) is 7.65. The van der Waals surface area contributed by atoms with Crippen LogP contribution in [-0.4, -0.2) is 79.6 Å². The van der Waals surface area contributed by atoms with Crippen molar-refractivity contribution in [2.45, 2.75) is 69.7 Å². The molecule has 0 fully saturated rings. The fourth-order valence-corrected chi connectivity index (χ4v) is 5.79. The molecule has 14 heteroatoms. The number of aromatic nitrogens is 1. The Balaban J connectivity index is 1.62. The third kappa shape index (κ3) is 10.5. The molecule has 3 aromatic rings. The Bertz CT molecular complexity index is 1660. The van der Waals surface area contributed by atoms with Gasteiger partial charge in [0.05, 0.1) is 11.4 Å². The first-order valence-electron chi connectivity index (χ1n) is 15.5. The second-order valence-electron chi connectivity index (χ2n) is 12.2. The van der Waals surface area contributed by atoms with E-state index in [0.717, 1.165) is 17.4 Å². The molecular weight excluding hydrogens is 624 g/mol. The first-order valence-corrected chi connectivity index (χ1v) is 17.4. The van der Waals surface area contributed by atoms with Gasteiger partial charge in [0.1, 0.15) is 18.1 Å². The van der Waals surface area contributed by atoms with E-state index < -0.39 is 51.6 Å². The zero-order chi connectivity index (χ0) is 34.1. The van der Waals surface area contributed by atoms with E-state index in [4.69, 9.17) is 4.52 Å². The lowest BCUT2D eigenvalue weighted by atomic mass is 10.0. The summed E-state index contributed by atoms with van der Waals surface area (Å²) in [5, 5.41) is 15.0. The molecule has 4 rings (SSSR count). The molecule has 0 saturated heterocycles. The molecule has 13 nitrogen and oxygen atoms in total. The molecule has 0 radical (unpaired) electrons. The maximum Gasteiger partial charge on any atom is 0.274 e. The van der Waals surface area contributed by atoms with Crippen molar-refractivity contribution < 1.29 is 32.1 Å². The molecular formula is C33H42N6O7S. The molecule has 1 aliphatic heterocycles. The Kier molecular flexibility index (Phi) is 11.9. The van der Waals surface area contributed by atoms with Crippen molar-refractivity contribution in [1.82, 2.24) is 31.3 Å². The fourth-order valence-electron chi connectivity index (χ4n) is 5.16. The number of nitrogens with zero attached hydrogens (tertiary/aromatic N) is 2. The average Bonchev–Trinajstić information content (AvgIpc) is 3.48. The van der Waals surface area contributed by atoms with Crippen molar-refractivity contribution in [3.05, 3.63) is 83.2 Å². The summed E-state index contributed by atoms with van der Waals surface area (Å²) in [6.45, 7) is 6.45. The lowest BCUT2D eigenvalue weighted by molar-refractivity contribution is -0.132. The SMILES string of the molecule is CC(C)C[C@H]1NC(=O)[C@@H](C)NC(=O)c2cc(on2)CN(Cc2ccc(S(C)(=O)=O)cc2)CCNC(=O)[C@@H](Cc2ccccc2)NC1=O. The number of hydrogen-bond acceptors (Lipinski definition) is 9. The lowest BCUT2D eigenvalue weighted by Gasteiger charge is -2.26. The standard InChI is InChI=1S/C33H42N6O7S/c1-21(2)16-27-32(42)37-28(17-23-8-6-5-7-9-23)31(41)34-14-15-39(19-24-10-12-26(13-11-24)47(4,44)45)20-25-18-29(38-46-25)33(43)35-22(3)30(40)36-27/h5-13,18,21-22,27-28H,14-17,19-20H2,1-4H3,(H,34,41)(H,35,43)(H,36,40)(H,37,42)/t22-,27-,28-/m1/s1. The van der Waals surface area contributed by atoms with Gasteiger partial charge in [0, 0.05) is 38.4 Å². The summed E-state index contributed by atoms with van der Waals surface area (Å²) in [4.78, 5) is 55.3. The zero-order valence-electron chi connectivity index (χ0n) is 27.0. The third-order valence-corrected chi connectivity index (χ3v) is 8.78. The summed E-state index contributed by atoms with van der Waals surface area (Å²) in [5.41, 5.74) is 1.64. The van der Waals surface area contributed by atoms with E-state index in [1.165, 1.54) is 25.1 Å². The predicted octanol–water partition coefficient (Wildman–Crippen LogP) is 1.59. The van der Waals surface area contributed by atoms with Gasteiger partial charge in [-0.3, -0.25) is 24.1 Å². The van der Waals surface area contributed by atoms with E-state index in [1.54, 1.807) is 12.1 Å². The Morgan fingerprint density at radius 1 is 0.894 bits per heavy atom. The van der Waals surface area contributed by atoms with Crippen LogP contribution < -0.4 is 21.3 Å². The van der Waals surface area contributed by atoms with Crippen molar-refractivity contribution >= 4 is 33.5 Å². The minimum atomic E-state index is -3.36. The molecule has 47 heavy (non-hydrogen) atoms. The first kappa shape index (κ1) is 35.3. The van der Waals surface area contributed by atoms with Crippen LogP contribution in [0.3, 0.4) is 0 Å². The average molecular weight is 667 g/mol. The highest BCUT2D eigenvalue weighted by Gasteiger charge is 2.30. The van der Waals surface area contributed by atoms with Crippen molar-refractivity contribution in [2.75, 3.05) is 19.3 Å². The Morgan fingerprint density at radius 2 is 1.57 bits per heavy atom. The number of amides is 4. The minimum Gasteiger partial charge on any atom is -0.359 e. The quantitative estimate of drug-likeness (QED) is 0.291. The Labute approximate surface area is 274 Å². The molecule has 4 amide bonds. The number of hydrogen-bond donors (Lipinski definition) is 4. The van der Waals surface area contributed by atoms with Crippen LogP contribution in [0.1, 0.15) is 54.6 Å². The van der Waals surface area contributed by atoms with Crippen LogP contribution >= 0.6 is 0 Å². The molecule has 2 aromatic carbocycles. The number of fused-ring (bicyclic) bond motifs is 2. The summed E-state index contributed by atoms with van der Waals surface area (Å²) in [5.74, 6) is -1.68. The molecule has 2 heterocycles. The van der Waals surface area contributed by atoms with Crippen LogP contribution in [0.4, 0.5) is 0 Å². The molecule has 0 spiro atoms. The fraction of sp³-hybridized carbons (Fsp3) is 0.424. The molecule has 3 atom stereocenters. The smallest absolute Gasteiger partial charge is 0.274 e. The number of nitrogens with one attached hydrogen (secondary N) is 4. The predicted molar refractivity (Wildman–Crippen MR) is 174 cm³/mol. The van der Waals surface area contributed by atoms with Gasteiger partial charge in [-0.15, -0.1) is 0 Å². The highest BCUT2D eigenvalue weighted by Crippen LogP contribution is 2.15. The molecule has 4 N–H and O–H groups in total. The van der Waals surface area contributed by atoms with Crippen LogP contribution in [-0.2, 0) is 43.7 Å². The van der Waals surface area contributed by atoms with Gasteiger partial charge in [0.25, 0.3) is 5.91 Å². The first-order chi connectivity index (χ1) is 22.3. The van der Waals surface area contributed by atoms with Gasteiger partial charge < -0.3 is 25.8 Å². The van der Waals surface area contributed by atoms with Crippen molar-refractivity contribution in [3.63, 3.8) is 0 Å². The summed E-state index contributed by atoms with van der Waals surface area (Å²) in [6.07, 6.45) is 1.68. The number of benzene rings is 2. The van der Waals surface area contributed by atoms with E-state index in [1.807, 2.05) is 49.1 Å². The van der Waals surface area contributed by atoms with Crippen molar-refractivity contribution in [2.24, 2.45) is 5.92 Å². The van der Waals surface area contributed by atoms with E-state index in [2.05, 4.69) is 26.4 Å². The summed E-state index contributed by atoms with van der Waals surface area (Å²) in [6, 6.07) is 14.4. The number of carbonyl (C=O) groups is 4. The summed E-state index contributed by atoms with van der Waals surface area (Å²) < 4.78 is 29.3. The maximum absolute atomic E-state index is 13.6. The highest BCUT2D eigenvalue weighted by molar-refractivity contribution is 7.90.